The summed E-state index contributed by atoms with van der Waals surface area (Å²) in [4.78, 5) is 6.66. The normalized spacial score (nSPS) is 25.9. The van der Waals surface area contributed by atoms with Crippen LogP contribution in [0.15, 0.2) is 59.6 Å². The number of fused-ring (bicyclic) bond motifs is 1. The number of benzene rings is 2. The minimum absolute atomic E-state index is 0. The summed E-state index contributed by atoms with van der Waals surface area (Å²) in [5, 5.41) is 12.8. The SMILES string of the molecule is Br.CC1SC2=NCCCN2C1(O)C(c1ccccc1)c1ccc(F)cc1. The monoisotopic (exact) mass is 436 g/mol. The number of hydrogen-bond acceptors (Lipinski definition) is 4. The summed E-state index contributed by atoms with van der Waals surface area (Å²) in [6.45, 7) is 3.65. The Kier molecular flexibility index (Phi) is 5.75. The molecule has 2 aliphatic heterocycles. The summed E-state index contributed by atoms with van der Waals surface area (Å²) in [6.07, 6.45) is 0.935. The van der Waals surface area contributed by atoms with Crippen LogP contribution in [0.3, 0.4) is 0 Å². The van der Waals surface area contributed by atoms with Gasteiger partial charge in [-0.05, 0) is 36.6 Å². The fourth-order valence-electron chi connectivity index (χ4n) is 3.86. The van der Waals surface area contributed by atoms with Crippen molar-refractivity contribution in [1.82, 2.24) is 4.90 Å². The molecule has 0 aliphatic carbocycles. The van der Waals surface area contributed by atoms with Gasteiger partial charge in [0.1, 0.15) is 5.82 Å². The molecule has 2 heterocycles. The third-order valence-electron chi connectivity index (χ3n) is 5.09. The van der Waals surface area contributed by atoms with Gasteiger partial charge in [0.25, 0.3) is 0 Å². The molecule has 0 radical (unpaired) electrons. The average molecular weight is 437 g/mol. The molecular weight excluding hydrogens is 415 g/mol. The lowest BCUT2D eigenvalue weighted by Crippen LogP contribution is -2.56. The number of thioether (sulfide) groups is 1. The van der Waals surface area contributed by atoms with Crippen LogP contribution in [-0.4, -0.2) is 39.2 Å². The van der Waals surface area contributed by atoms with Crippen LogP contribution in [0.5, 0.6) is 0 Å². The van der Waals surface area contributed by atoms with Gasteiger partial charge in [-0.3, -0.25) is 4.99 Å². The second kappa shape index (κ2) is 7.71. The lowest BCUT2D eigenvalue weighted by Gasteiger charge is -2.44. The minimum atomic E-state index is -1.09. The van der Waals surface area contributed by atoms with Crippen LogP contribution in [-0.2, 0) is 0 Å². The highest BCUT2D eigenvalue weighted by atomic mass is 79.9. The highest BCUT2D eigenvalue weighted by molar-refractivity contribution is 8.93. The van der Waals surface area contributed by atoms with E-state index in [0.717, 1.165) is 35.8 Å². The van der Waals surface area contributed by atoms with E-state index in [1.54, 1.807) is 23.9 Å². The Labute approximate surface area is 168 Å². The summed E-state index contributed by atoms with van der Waals surface area (Å²) in [6, 6.07) is 16.5. The van der Waals surface area contributed by atoms with E-state index in [-0.39, 0.29) is 34.0 Å². The molecule has 0 saturated carbocycles. The van der Waals surface area contributed by atoms with E-state index in [0.29, 0.717) is 0 Å². The van der Waals surface area contributed by atoms with Crippen LogP contribution in [0, 0.1) is 5.82 Å². The smallest absolute Gasteiger partial charge is 0.162 e. The number of nitrogens with zero attached hydrogens (tertiary/aromatic N) is 2. The van der Waals surface area contributed by atoms with E-state index >= 15 is 0 Å². The van der Waals surface area contributed by atoms with Gasteiger partial charge in [-0.2, -0.15) is 0 Å². The zero-order valence-electron chi connectivity index (χ0n) is 14.5. The molecule has 4 rings (SSSR count). The first kappa shape index (κ1) is 19.4. The van der Waals surface area contributed by atoms with Gasteiger partial charge in [0.2, 0.25) is 0 Å². The summed E-state index contributed by atoms with van der Waals surface area (Å²) in [7, 11) is 0. The maximum Gasteiger partial charge on any atom is 0.162 e. The molecule has 2 aliphatic rings. The molecule has 3 nitrogen and oxygen atoms in total. The van der Waals surface area contributed by atoms with Crippen molar-refractivity contribution in [1.29, 1.82) is 0 Å². The van der Waals surface area contributed by atoms with Gasteiger partial charge in [-0.1, -0.05) is 54.2 Å². The minimum Gasteiger partial charge on any atom is -0.369 e. The summed E-state index contributed by atoms with van der Waals surface area (Å²) in [5.74, 6) is -0.542. The Bertz CT molecular complexity index is 786. The highest BCUT2D eigenvalue weighted by Gasteiger charge is 2.55. The number of aliphatic imine (C=N–C) groups is 1. The molecule has 1 N–H and O–H groups in total. The van der Waals surface area contributed by atoms with Crippen molar-refractivity contribution in [3.8, 4) is 0 Å². The predicted molar refractivity (Wildman–Crippen MR) is 111 cm³/mol. The first-order valence-corrected chi connectivity index (χ1v) is 9.50. The Morgan fingerprint density at radius 1 is 1.15 bits per heavy atom. The lowest BCUT2D eigenvalue weighted by molar-refractivity contribution is -0.0756. The topological polar surface area (TPSA) is 35.8 Å². The van der Waals surface area contributed by atoms with E-state index in [2.05, 4.69) is 4.99 Å². The van der Waals surface area contributed by atoms with E-state index < -0.39 is 5.72 Å². The van der Waals surface area contributed by atoms with E-state index in [4.69, 9.17) is 0 Å². The molecule has 2 aromatic carbocycles. The fraction of sp³-hybridized carbons (Fsp3) is 0.350. The Morgan fingerprint density at radius 3 is 2.50 bits per heavy atom. The van der Waals surface area contributed by atoms with Crippen molar-refractivity contribution in [2.75, 3.05) is 13.1 Å². The first-order valence-electron chi connectivity index (χ1n) is 8.62. The quantitative estimate of drug-likeness (QED) is 0.773. The van der Waals surface area contributed by atoms with Gasteiger partial charge in [0, 0.05) is 13.1 Å². The molecule has 1 saturated heterocycles. The van der Waals surface area contributed by atoms with Gasteiger partial charge in [0.05, 0.1) is 11.2 Å². The largest absolute Gasteiger partial charge is 0.369 e. The van der Waals surface area contributed by atoms with Crippen molar-refractivity contribution in [3.63, 3.8) is 0 Å². The highest BCUT2D eigenvalue weighted by Crippen LogP contribution is 2.49. The van der Waals surface area contributed by atoms with Gasteiger partial charge in [-0.25, -0.2) is 4.39 Å². The van der Waals surface area contributed by atoms with Gasteiger partial charge in [0.15, 0.2) is 10.9 Å². The zero-order chi connectivity index (χ0) is 17.4. The van der Waals surface area contributed by atoms with Crippen LogP contribution in [0.4, 0.5) is 4.39 Å². The van der Waals surface area contributed by atoms with Gasteiger partial charge in [-0.15, -0.1) is 17.0 Å². The predicted octanol–water partition coefficient (Wildman–Crippen LogP) is 4.42. The van der Waals surface area contributed by atoms with E-state index in [1.165, 1.54) is 12.1 Å². The Morgan fingerprint density at radius 2 is 1.81 bits per heavy atom. The molecule has 6 heteroatoms. The van der Waals surface area contributed by atoms with E-state index in [1.807, 2.05) is 42.2 Å². The maximum absolute atomic E-state index is 13.5. The summed E-state index contributed by atoms with van der Waals surface area (Å²) in [5.41, 5.74) is 0.841. The van der Waals surface area contributed by atoms with Crippen molar-refractivity contribution in [2.24, 2.45) is 4.99 Å². The van der Waals surface area contributed by atoms with Gasteiger partial charge < -0.3 is 10.0 Å². The third kappa shape index (κ3) is 3.19. The van der Waals surface area contributed by atoms with Crippen molar-refractivity contribution in [2.45, 2.75) is 30.2 Å². The molecule has 0 spiro atoms. The fourth-order valence-corrected chi connectivity index (χ4v) is 5.14. The van der Waals surface area contributed by atoms with Crippen molar-refractivity contribution < 1.29 is 9.50 Å². The second-order valence-electron chi connectivity index (χ2n) is 6.61. The molecule has 138 valence electrons. The van der Waals surface area contributed by atoms with Crippen LogP contribution in [0.1, 0.15) is 30.4 Å². The maximum atomic E-state index is 13.5. The Hall–Kier alpha value is -1.37. The molecule has 3 atom stereocenters. The number of rotatable bonds is 3. The molecular formula is C20H22BrFN2OS. The summed E-state index contributed by atoms with van der Waals surface area (Å²) < 4.78 is 13.5. The molecule has 3 unspecified atom stereocenters. The lowest BCUT2D eigenvalue weighted by atomic mass is 9.80. The van der Waals surface area contributed by atoms with Crippen LogP contribution in [0.2, 0.25) is 0 Å². The standard InChI is InChI=1S/C20H21FN2OS.BrH/c1-14-20(24,23-13-5-12-22-19(23)25-14)18(15-6-3-2-4-7-15)16-8-10-17(21)11-9-16;/h2-4,6-11,14,18,24H,5,12-13H2,1H3;1H. The summed E-state index contributed by atoms with van der Waals surface area (Å²) >= 11 is 1.63. The van der Waals surface area contributed by atoms with Gasteiger partial charge >= 0.3 is 0 Å². The number of aliphatic hydroxyl groups is 1. The number of halogens is 2. The molecule has 26 heavy (non-hydrogen) atoms. The van der Waals surface area contributed by atoms with Crippen LogP contribution >= 0.6 is 28.7 Å². The van der Waals surface area contributed by atoms with Crippen LogP contribution in [0.25, 0.3) is 0 Å². The Balaban J connectivity index is 0.00000196. The third-order valence-corrected chi connectivity index (χ3v) is 6.35. The van der Waals surface area contributed by atoms with Crippen LogP contribution < -0.4 is 0 Å². The molecule has 0 bridgehead atoms. The molecule has 0 amide bonds. The average Bonchev–Trinajstić information content (AvgIpc) is 2.89. The van der Waals surface area contributed by atoms with E-state index in [9.17, 15) is 9.50 Å². The second-order valence-corrected chi connectivity index (χ2v) is 7.92. The number of hydrogen-bond donors (Lipinski definition) is 1. The molecule has 2 aromatic rings. The van der Waals surface area contributed by atoms with Crippen molar-refractivity contribution >= 4 is 33.9 Å². The number of amidine groups is 1. The first-order chi connectivity index (χ1) is 12.1. The van der Waals surface area contributed by atoms with Crippen molar-refractivity contribution in [3.05, 3.63) is 71.5 Å². The molecule has 0 aromatic heterocycles. The zero-order valence-corrected chi connectivity index (χ0v) is 17.0. The molecule has 1 fully saturated rings.